The van der Waals surface area contributed by atoms with Gasteiger partial charge in [-0.05, 0) is 35.1 Å². The van der Waals surface area contributed by atoms with Crippen LogP contribution in [0.5, 0.6) is 0 Å². The zero-order valence-corrected chi connectivity index (χ0v) is 5.77. The number of aliphatic hydroxyl groups is 1. The van der Waals surface area contributed by atoms with E-state index in [0.717, 1.165) is 6.42 Å². The van der Waals surface area contributed by atoms with Gasteiger partial charge in [-0.3, -0.25) is 0 Å². The molecule has 0 fully saturated rings. The molecule has 0 heterocycles. The van der Waals surface area contributed by atoms with E-state index < -0.39 is 0 Å². The predicted octanol–water partition coefficient (Wildman–Crippen LogP) is 2.23. The summed E-state index contributed by atoms with van der Waals surface area (Å²) in [7, 11) is 0. The van der Waals surface area contributed by atoms with Crippen molar-refractivity contribution >= 4 is 22.6 Å². The molecule has 0 radical (unpaired) electrons. The van der Waals surface area contributed by atoms with E-state index in [-0.39, 0.29) is 0 Å². The lowest BCUT2D eigenvalue weighted by molar-refractivity contribution is 0.463. The van der Waals surface area contributed by atoms with E-state index in [1.165, 1.54) is 0 Å². The first kappa shape index (κ1) is 6.27. The number of hydrogen-bond acceptors (Lipinski definition) is 1. The van der Waals surface area contributed by atoms with Gasteiger partial charge in [0.15, 0.2) is 0 Å². The Hall–Kier alpha value is 0.270. The Kier molecular flexibility index (Phi) is 3.62. The SMILES string of the molecule is CC/C=C(/O)I. The van der Waals surface area contributed by atoms with E-state index in [2.05, 4.69) is 0 Å². The minimum atomic E-state index is 0.384. The quantitative estimate of drug-likeness (QED) is 0.505. The molecule has 6 heavy (non-hydrogen) atoms. The van der Waals surface area contributed by atoms with Gasteiger partial charge in [-0.1, -0.05) is 6.92 Å². The fraction of sp³-hybridized carbons (Fsp3) is 0.500. The molecule has 0 amide bonds. The maximum absolute atomic E-state index is 8.40. The minimum absolute atomic E-state index is 0.384. The van der Waals surface area contributed by atoms with Gasteiger partial charge < -0.3 is 5.11 Å². The third kappa shape index (κ3) is 4.27. The van der Waals surface area contributed by atoms with Crippen molar-refractivity contribution in [1.29, 1.82) is 0 Å². The van der Waals surface area contributed by atoms with E-state index in [0.29, 0.717) is 3.77 Å². The first-order chi connectivity index (χ1) is 2.77. The molecule has 36 valence electrons. The summed E-state index contributed by atoms with van der Waals surface area (Å²) in [6.45, 7) is 1.98. The van der Waals surface area contributed by atoms with Crippen LogP contribution in [0.2, 0.25) is 0 Å². The molecule has 1 nitrogen and oxygen atoms in total. The lowest BCUT2D eigenvalue weighted by Gasteiger charge is -1.77. The van der Waals surface area contributed by atoms with Gasteiger partial charge in [-0.2, -0.15) is 0 Å². The van der Waals surface area contributed by atoms with Gasteiger partial charge in [0.1, 0.15) is 3.77 Å². The molecule has 2 heteroatoms. The number of halogens is 1. The second-order valence-electron chi connectivity index (χ2n) is 0.935. The lowest BCUT2D eigenvalue weighted by Crippen LogP contribution is -1.59. The fourth-order valence-electron chi connectivity index (χ4n) is 0.168. The second-order valence-corrected chi connectivity index (χ2v) is 2.04. The summed E-state index contributed by atoms with van der Waals surface area (Å²) in [5.41, 5.74) is 0. The molecule has 0 aliphatic heterocycles. The van der Waals surface area contributed by atoms with Gasteiger partial charge >= 0.3 is 0 Å². The molecular weight excluding hydrogens is 191 g/mol. The molecule has 0 aromatic heterocycles. The van der Waals surface area contributed by atoms with Crippen LogP contribution in [-0.2, 0) is 0 Å². The summed E-state index contributed by atoms with van der Waals surface area (Å²) in [6, 6.07) is 0. The summed E-state index contributed by atoms with van der Waals surface area (Å²) in [5, 5.41) is 8.40. The van der Waals surface area contributed by atoms with Crippen LogP contribution in [0, 0.1) is 0 Å². The fourth-order valence-corrected chi connectivity index (χ4v) is 0.609. The predicted molar refractivity (Wildman–Crippen MR) is 35.0 cm³/mol. The number of aliphatic hydroxyl groups excluding tert-OH is 1. The smallest absolute Gasteiger partial charge is 0.149 e. The molecule has 0 aromatic rings. The highest BCUT2D eigenvalue weighted by molar-refractivity contribution is 14.1. The van der Waals surface area contributed by atoms with E-state index in [4.69, 9.17) is 5.11 Å². The molecule has 0 unspecified atom stereocenters. The Morgan fingerprint density at radius 2 is 2.50 bits per heavy atom. The van der Waals surface area contributed by atoms with Crippen LogP contribution in [0.3, 0.4) is 0 Å². The summed E-state index contributed by atoms with van der Waals surface area (Å²) in [4.78, 5) is 0. The van der Waals surface area contributed by atoms with E-state index in [9.17, 15) is 0 Å². The molecule has 0 bridgehead atoms. The van der Waals surface area contributed by atoms with Crippen molar-refractivity contribution in [2.24, 2.45) is 0 Å². The number of allylic oxidation sites excluding steroid dienone is 1. The molecule has 0 rings (SSSR count). The molecule has 0 aromatic carbocycles. The van der Waals surface area contributed by atoms with Crippen LogP contribution in [0.4, 0.5) is 0 Å². The van der Waals surface area contributed by atoms with Gasteiger partial charge in [0.05, 0.1) is 0 Å². The molecule has 0 saturated heterocycles. The van der Waals surface area contributed by atoms with E-state index in [1.807, 2.05) is 29.5 Å². The molecule has 0 atom stereocenters. The van der Waals surface area contributed by atoms with Gasteiger partial charge in [-0.25, -0.2) is 0 Å². The second kappa shape index (κ2) is 3.46. The Labute approximate surface area is 51.2 Å². The number of hydrogen-bond donors (Lipinski definition) is 1. The van der Waals surface area contributed by atoms with Gasteiger partial charge in [0.2, 0.25) is 0 Å². The molecule has 0 spiro atoms. The van der Waals surface area contributed by atoms with Crippen molar-refractivity contribution in [1.82, 2.24) is 0 Å². The molecule has 0 aliphatic rings. The third-order valence-electron chi connectivity index (χ3n) is 0.373. The zero-order chi connectivity index (χ0) is 4.99. The molecular formula is C4H7IO. The van der Waals surface area contributed by atoms with Crippen molar-refractivity contribution in [2.75, 3.05) is 0 Å². The normalized spacial score (nSPS) is 12.0. The maximum Gasteiger partial charge on any atom is 0.149 e. The first-order valence-corrected chi connectivity index (χ1v) is 2.90. The Morgan fingerprint density at radius 3 is 2.50 bits per heavy atom. The number of rotatable bonds is 1. The van der Waals surface area contributed by atoms with Crippen molar-refractivity contribution in [2.45, 2.75) is 13.3 Å². The van der Waals surface area contributed by atoms with E-state index in [1.54, 1.807) is 6.08 Å². The Morgan fingerprint density at radius 1 is 2.00 bits per heavy atom. The van der Waals surface area contributed by atoms with Gasteiger partial charge in [-0.15, -0.1) is 0 Å². The highest BCUT2D eigenvalue weighted by atomic mass is 127. The van der Waals surface area contributed by atoms with Crippen molar-refractivity contribution in [3.63, 3.8) is 0 Å². The summed E-state index contributed by atoms with van der Waals surface area (Å²) < 4.78 is 0.384. The average molecular weight is 198 g/mol. The average Bonchev–Trinajstić information content (AvgIpc) is 1.35. The monoisotopic (exact) mass is 198 g/mol. The minimum Gasteiger partial charge on any atom is -0.503 e. The Balaban J connectivity index is 3.14. The lowest BCUT2D eigenvalue weighted by atomic mass is 10.5. The Bertz CT molecular complexity index is 54.6. The molecule has 0 saturated carbocycles. The summed E-state index contributed by atoms with van der Waals surface area (Å²) in [6.07, 6.45) is 2.66. The summed E-state index contributed by atoms with van der Waals surface area (Å²) >= 11 is 1.86. The standard InChI is InChI=1S/C4H7IO/c1-2-3-4(5)6/h3,6H,2H2,1H3/b4-3+. The largest absolute Gasteiger partial charge is 0.503 e. The van der Waals surface area contributed by atoms with Crippen LogP contribution in [0.15, 0.2) is 9.84 Å². The van der Waals surface area contributed by atoms with E-state index >= 15 is 0 Å². The highest BCUT2D eigenvalue weighted by Crippen LogP contribution is 1.98. The molecule has 1 N–H and O–H groups in total. The topological polar surface area (TPSA) is 20.2 Å². The first-order valence-electron chi connectivity index (χ1n) is 1.82. The van der Waals surface area contributed by atoms with Crippen LogP contribution in [-0.4, -0.2) is 5.11 Å². The third-order valence-corrected chi connectivity index (χ3v) is 0.813. The maximum atomic E-state index is 8.40. The summed E-state index contributed by atoms with van der Waals surface area (Å²) in [5.74, 6) is 0. The van der Waals surface area contributed by atoms with Gasteiger partial charge in [0, 0.05) is 0 Å². The van der Waals surface area contributed by atoms with Crippen LogP contribution < -0.4 is 0 Å². The van der Waals surface area contributed by atoms with Crippen molar-refractivity contribution < 1.29 is 5.11 Å². The van der Waals surface area contributed by atoms with Crippen LogP contribution >= 0.6 is 22.6 Å². The van der Waals surface area contributed by atoms with Crippen molar-refractivity contribution in [3.8, 4) is 0 Å². The van der Waals surface area contributed by atoms with Crippen LogP contribution in [0.1, 0.15) is 13.3 Å². The van der Waals surface area contributed by atoms with Gasteiger partial charge in [0.25, 0.3) is 0 Å². The zero-order valence-electron chi connectivity index (χ0n) is 3.61. The highest BCUT2D eigenvalue weighted by Gasteiger charge is 1.72. The van der Waals surface area contributed by atoms with Crippen LogP contribution in [0.25, 0.3) is 0 Å². The molecule has 0 aliphatic carbocycles. The van der Waals surface area contributed by atoms with Crippen molar-refractivity contribution in [3.05, 3.63) is 9.84 Å².